The van der Waals surface area contributed by atoms with Crippen molar-refractivity contribution in [2.45, 2.75) is 10.8 Å². The number of furan rings is 1. The summed E-state index contributed by atoms with van der Waals surface area (Å²) in [5.74, 6) is 0.400. The standard InChI is InChI=1S/C12H10BrNO3S/c1-16-12(15)11-8(4-5-17-11)7-18-10-3-2-9(13)6-14-10/h2-6H,7H2,1H3. The smallest absolute Gasteiger partial charge is 0.374 e. The fraction of sp³-hybridized carbons (Fsp3) is 0.167. The Morgan fingerprint density at radius 3 is 3.00 bits per heavy atom. The summed E-state index contributed by atoms with van der Waals surface area (Å²) < 4.78 is 10.7. The molecule has 2 heterocycles. The van der Waals surface area contributed by atoms with E-state index in [2.05, 4.69) is 25.7 Å². The van der Waals surface area contributed by atoms with E-state index in [4.69, 9.17) is 4.42 Å². The summed E-state index contributed by atoms with van der Waals surface area (Å²) in [6, 6.07) is 5.59. The third-order valence-corrected chi connectivity index (χ3v) is 3.66. The van der Waals surface area contributed by atoms with Gasteiger partial charge in [0, 0.05) is 22.0 Å². The number of methoxy groups -OCH3 is 1. The second-order valence-electron chi connectivity index (χ2n) is 3.37. The highest BCUT2D eigenvalue weighted by Crippen LogP contribution is 2.24. The first-order valence-electron chi connectivity index (χ1n) is 5.09. The van der Waals surface area contributed by atoms with E-state index in [9.17, 15) is 4.79 Å². The van der Waals surface area contributed by atoms with Crippen molar-refractivity contribution >= 4 is 33.7 Å². The Labute approximate surface area is 117 Å². The molecule has 0 aliphatic heterocycles. The zero-order chi connectivity index (χ0) is 13.0. The molecule has 0 aliphatic carbocycles. The van der Waals surface area contributed by atoms with Gasteiger partial charge in [0.25, 0.3) is 0 Å². The Hall–Kier alpha value is -1.27. The summed E-state index contributed by atoms with van der Waals surface area (Å²) >= 11 is 4.86. The molecule has 0 radical (unpaired) electrons. The fourth-order valence-corrected chi connectivity index (χ4v) is 2.38. The highest BCUT2D eigenvalue weighted by Gasteiger charge is 2.15. The molecule has 0 aromatic carbocycles. The Bertz CT molecular complexity index is 539. The van der Waals surface area contributed by atoms with Gasteiger partial charge >= 0.3 is 5.97 Å². The zero-order valence-corrected chi connectivity index (χ0v) is 12.0. The number of hydrogen-bond donors (Lipinski definition) is 0. The predicted octanol–water partition coefficient (Wildman–Crippen LogP) is 3.52. The minimum atomic E-state index is -0.459. The summed E-state index contributed by atoms with van der Waals surface area (Å²) in [6.07, 6.45) is 3.22. The number of halogens is 1. The lowest BCUT2D eigenvalue weighted by Gasteiger charge is -2.01. The number of rotatable bonds is 4. The van der Waals surface area contributed by atoms with Crippen molar-refractivity contribution in [1.82, 2.24) is 4.98 Å². The van der Waals surface area contributed by atoms with E-state index in [1.807, 2.05) is 12.1 Å². The van der Waals surface area contributed by atoms with Crippen LogP contribution in [-0.2, 0) is 10.5 Å². The molecule has 0 saturated carbocycles. The summed E-state index contributed by atoms with van der Waals surface area (Å²) in [6.45, 7) is 0. The molecule has 2 rings (SSSR count). The SMILES string of the molecule is COC(=O)c1occc1CSc1ccc(Br)cn1. The van der Waals surface area contributed by atoms with Crippen LogP contribution in [0.2, 0.25) is 0 Å². The van der Waals surface area contributed by atoms with Crippen LogP contribution in [0, 0.1) is 0 Å². The maximum atomic E-state index is 11.4. The third kappa shape index (κ3) is 3.14. The van der Waals surface area contributed by atoms with E-state index in [0.29, 0.717) is 5.75 Å². The van der Waals surface area contributed by atoms with Gasteiger partial charge in [-0.25, -0.2) is 9.78 Å². The van der Waals surface area contributed by atoms with Crippen LogP contribution in [0.3, 0.4) is 0 Å². The summed E-state index contributed by atoms with van der Waals surface area (Å²) in [5.41, 5.74) is 0.802. The molecule has 6 heteroatoms. The number of hydrogen-bond acceptors (Lipinski definition) is 5. The Kier molecular flexibility index (Phi) is 4.43. The lowest BCUT2D eigenvalue weighted by molar-refractivity contribution is 0.0564. The molecule has 0 amide bonds. The van der Waals surface area contributed by atoms with Crippen LogP contribution in [0.15, 0.2) is 44.6 Å². The van der Waals surface area contributed by atoms with Gasteiger partial charge in [-0.2, -0.15) is 0 Å². The lowest BCUT2D eigenvalue weighted by Crippen LogP contribution is -2.02. The van der Waals surface area contributed by atoms with E-state index >= 15 is 0 Å². The minimum Gasteiger partial charge on any atom is -0.463 e. The van der Waals surface area contributed by atoms with E-state index < -0.39 is 5.97 Å². The first kappa shape index (κ1) is 13.2. The number of carbonyl (C=O) groups excluding carboxylic acids is 1. The Morgan fingerprint density at radius 1 is 1.50 bits per heavy atom. The van der Waals surface area contributed by atoms with Crippen LogP contribution in [0.1, 0.15) is 16.1 Å². The molecule has 2 aromatic rings. The Morgan fingerprint density at radius 2 is 2.33 bits per heavy atom. The number of ether oxygens (including phenoxy) is 1. The van der Waals surface area contributed by atoms with Crippen molar-refractivity contribution in [3.05, 3.63) is 46.5 Å². The van der Waals surface area contributed by atoms with E-state index in [-0.39, 0.29) is 5.76 Å². The molecule has 0 atom stereocenters. The van der Waals surface area contributed by atoms with Gasteiger partial charge in [-0.05, 0) is 34.1 Å². The highest BCUT2D eigenvalue weighted by atomic mass is 79.9. The molecule has 18 heavy (non-hydrogen) atoms. The van der Waals surface area contributed by atoms with Gasteiger partial charge in [-0.1, -0.05) is 0 Å². The third-order valence-electron chi connectivity index (χ3n) is 2.19. The topological polar surface area (TPSA) is 52.3 Å². The van der Waals surface area contributed by atoms with Crippen molar-refractivity contribution in [2.75, 3.05) is 7.11 Å². The van der Waals surface area contributed by atoms with Gasteiger partial charge in [0.05, 0.1) is 18.4 Å². The molecule has 0 saturated heterocycles. The average molecular weight is 328 g/mol. The maximum absolute atomic E-state index is 11.4. The van der Waals surface area contributed by atoms with Crippen molar-refractivity contribution in [1.29, 1.82) is 0 Å². The first-order chi connectivity index (χ1) is 8.70. The second kappa shape index (κ2) is 6.06. The molecule has 0 spiro atoms. The summed E-state index contributed by atoms with van der Waals surface area (Å²) in [4.78, 5) is 15.6. The van der Waals surface area contributed by atoms with E-state index in [0.717, 1.165) is 15.1 Å². The molecule has 0 unspecified atom stereocenters. The molecule has 0 aliphatic rings. The van der Waals surface area contributed by atoms with Crippen molar-refractivity contribution < 1.29 is 13.9 Å². The molecule has 0 N–H and O–H groups in total. The quantitative estimate of drug-likeness (QED) is 0.635. The average Bonchev–Trinajstić information content (AvgIpc) is 2.85. The Balaban J connectivity index is 2.04. The van der Waals surface area contributed by atoms with Crippen LogP contribution in [0.5, 0.6) is 0 Å². The second-order valence-corrected chi connectivity index (χ2v) is 5.28. The van der Waals surface area contributed by atoms with Crippen LogP contribution in [0.4, 0.5) is 0 Å². The molecular weight excluding hydrogens is 318 g/mol. The lowest BCUT2D eigenvalue weighted by atomic mass is 10.3. The minimum absolute atomic E-state index is 0.252. The number of aromatic nitrogens is 1. The number of nitrogens with zero attached hydrogens (tertiary/aromatic N) is 1. The van der Waals surface area contributed by atoms with Gasteiger partial charge in [0.15, 0.2) is 0 Å². The predicted molar refractivity (Wildman–Crippen MR) is 71.5 cm³/mol. The van der Waals surface area contributed by atoms with Gasteiger partial charge in [0.1, 0.15) is 0 Å². The van der Waals surface area contributed by atoms with E-state index in [1.165, 1.54) is 25.1 Å². The van der Waals surface area contributed by atoms with Crippen LogP contribution in [0.25, 0.3) is 0 Å². The van der Waals surface area contributed by atoms with Crippen LogP contribution in [-0.4, -0.2) is 18.1 Å². The molecular formula is C12H10BrNO3S. The number of thioether (sulfide) groups is 1. The summed E-state index contributed by atoms with van der Waals surface area (Å²) in [5, 5.41) is 0.884. The highest BCUT2D eigenvalue weighted by molar-refractivity contribution is 9.10. The molecule has 0 fully saturated rings. The van der Waals surface area contributed by atoms with Gasteiger partial charge in [-0.3, -0.25) is 0 Å². The van der Waals surface area contributed by atoms with Crippen molar-refractivity contribution in [2.24, 2.45) is 0 Å². The van der Waals surface area contributed by atoms with Crippen molar-refractivity contribution in [3.63, 3.8) is 0 Å². The van der Waals surface area contributed by atoms with E-state index in [1.54, 1.807) is 12.3 Å². The van der Waals surface area contributed by atoms with Gasteiger partial charge in [-0.15, -0.1) is 11.8 Å². The van der Waals surface area contributed by atoms with Crippen LogP contribution >= 0.6 is 27.7 Å². The zero-order valence-electron chi connectivity index (χ0n) is 9.55. The fourth-order valence-electron chi connectivity index (χ4n) is 1.32. The monoisotopic (exact) mass is 327 g/mol. The molecule has 0 bridgehead atoms. The van der Waals surface area contributed by atoms with Gasteiger partial charge < -0.3 is 9.15 Å². The van der Waals surface area contributed by atoms with Gasteiger partial charge in [0.2, 0.25) is 5.76 Å². The van der Waals surface area contributed by atoms with Crippen molar-refractivity contribution in [3.8, 4) is 0 Å². The molecule has 94 valence electrons. The normalized spacial score (nSPS) is 10.3. The number of carbonyl (C=O) groups is 1. The largest absolute Gasteiger partial charge is 0.463 e. The number of esters is 1. The first-order valence-corrected chi connectivity index (χ1v) is 6.87. The molecule has 2 aromatic heterocycles. The van der Waals surface area contributed by atoms with Crippen LogP contribution < -0.4 is 0 Å². The molecule has 4 nitrogen and oxygen atoms in total. The number of pyridine rings is 1. The summed E-state index contributed by atoms with van der Waals surface area (Å²) in [7, 11) is 1.33. The maximum Gasteiger partial charge on any atom is 0.374 e.